The maximum absolute atomic E-state index is 13.2. The summed E-state index contributed by atoms with van der Waals surface area (Å²) in [6.45, 7) is 0.538. The van der Waals surface area contributed by atoms with E-state index in [4.69, 9.17) is 0 Å². The van der Waals surface area contributed by atoms with Crippen LogP contribution in [-0.2, 0) is 12.3 Å². The molecule has 1 aliphatic heterocycles. The highest BCUT2D eigenvalue weighted by atomic mass is 32.2. The highest BCUT2D eigenvalue weighted by Crippen LogP contribution is 2.31. The van der Waals surface area contributed by atoms with E-state index in [1.165, 1.54) is 23.3 Å². The standard InChI is InChI=1S/C16H15F2NS/c17-14-6-5-11(7-15(14)18)8-19-16-10-20-9-12-3-1-2-4-13(12)16/h1-7,16,19H,8-10H2. The smallest absolute Gasteiger partial charge is 0.159 e. The third kappa shape index (κ3) is 2.86. The Balaban J connectivity index is 1.71. The zero-order chi connectivity index (χ0) is 13.9. The minimum atomic E-state index is -0.799. The molecule has 0 amide bonds. The maximum atomic E-state index is 13.2. The normalized spacial score (nSPS) is 17.8. The summed E-state index contributed by atoms with van der Waals surface area (Å²) in [5.74, 6) is 0.454. The summed E-state index contributed by atoms with van der Waals surface area (Å²) in [6, 6.07) is 12.7. The Morgan fingerprint density at radius 3 is 2.80 bits per heavy atom. The Labute approximate surface area is 121 Å². The van der Waals surface area contributed by atoms with Crippen LogP contribution in [0.5, 0.6) is 0 Å². The Hall–Kier alpha value is -1.39. The van der Waals surface area contributed by atoms with Gasteiger partial charge in [-0.05, 0) is 28.8 Å². The second-order valence-electron chi connectivity index (χ2n) is 4.90. The van der Waals surface area contributed by atoms with E-state index in [0.29, 0.717) is 6.54 Å². The van der Waals surface area contributed by atoms with Crippen molar-refractivity contribution in [3.05, 3.63) is 70.8 Å². The third-order valence-electron chi connectivity index (χ3n) is 3.51. The molecule has 2 aromatic carbocycles. The van der Waals surface area contributed by atoms with Gasteiger partial charge in [-0.3, -0.25) is 0 Å². The second-order valence-corrected chi connectivity index (χ2v) is 5.93. The van der Waals surface area contributed by atoms with Gasteiger partial charge in [-0.25, -0.2) is 8.78 Å². The minimum absolute atomic E-state index is 0.262. The molecule has 0 saturated carbocycles. The van der Waals surface area contributed by atoms with Gasteiger partial charge >= 0.3 is 0 Å². The largest absolute Gasteiger partial charge is 0.305 e. The topological polar surface area (TPSA) is 12.0 Å². The van der Waals surface area contributed by atoms with Gasteiger partial charge in [0.05, 0.1) is 0 Å². The van der Waals surface area contributed by atoms with Crippen molar-refractivity contribution in [1.82, 2.24) is 5.32 Å². The summed E-state index contributed by atoms with van der Waals surface area (Å²) < 4.78 is 26.1. The van der Waals surface area contributed by atoms with Crippen LogP contribution in [0.15, 0.2) is 42.5 Å². The Kier molecular flexibility index (Phi) is 4.03. The molecule has 0 saturated heterocycles. The molecule has 104 valence electrons. The van der Waals surface area contributed by atoms with Crippen LogP contribution >= 0.6 is 11.8 Å². The molecule has 0 spiro atoms. The van der Waals surface area contributed by atoms with Gasteiger partial charge in [0.25, 0.3) is 0 Å². The van der Waals surface area contributed by atoms with Crippen molar-refractivity contribution >= 4 is 11.8 Å². The van der Waals surface area contributed by atoms with E-state index < -0.39 is 11.6 Å². The van der Waals surface area contributed by atoms with E-state index >= 15 is 0 Å². The highest BCUT2D eigenvalue weighted by Gasteiger charge is 2.19. The number of hydrogen-bond donors (Lipinski definition) is 1. The predicted molar refractivity (Wildman–Crippen MR) is 78.5 cm³/mol. The Morgan fingerprint density at radius 1 is 1.10 bits per heavy atom. The molecule has 0 aliphatic carbocycles. The first-order valence-electron chi connectivity index (χ1n) is 6.57. The summed E-state index contributed by atoms with van der Waals surface area (Å²) in [6.07, 6.45) is 0. The number of rotatable bonds is 3. The molecule has 3 rings (SSSR count). The molecule has 20 heavy (non-hydrogen) atoms. The molecular weight excluding hydrogens is 276 g/mol. The van der Waals surface area contributed by atoms with Crippen molar-refractivity contribution in [2.75, 3.05) is 5.75 Å². The Bertz CT molecular complexity index is 615. The monoisotopic (exact) mass is 291 g/mol. The maximum Gasteiger partial charge on any atom is 0.159 e. The molecule has 1 unspecified atom stereocenters. The molecular formula is C16H15F2NS. The van der Waals surface area contributed by atoms with Crippen LogP contribution in [0.25, 0.3) is 0 Å². The van der Waals surface area contributed by atoms with Crippen molar-refractivity contribution in [2.24, 2.45) is 0 Å². The number of nitrogens with one attached hydrogen (secondary N) is 1. The summed E-state index contributed by atoms with van der Waals surface area (Å²) in [5.41, 5.74) is 3.43. The lowest BCUT2D eigenvalue weighted by Gasteiger charge is -2.26. The third-order valence-corrected chi connectivity index (χ3v) is 4.59. The molecule has 0 fully saturated rings. The fourth-order valence-corrected chi connectivity index (χ4v) is 3.58. The first kappa shape index (κ1) is 13.6. The lowest BCUT2D eigenvalue weighted by Crippen LogP contribution is -2.26. The minimum Gasteiger partial charge on any atom is -0.305 e. The summed E-state index contributed by atoms with van der Waals surface area (Å²) in [4.78, 5) is 0. The lowest BCUT2D eigenvalue weighted by molar-refractivity contribution is 0.504. The van der Waals surface area contributed by atoms with Crippen molar-refractivity contribution in [3.63, 3.8) is 0 Å². The molecule has 1 heterocycles. The van der Waals surface area contributed by atoms with E-state index in [1.807, 2.05) is 17.8 Å². The van der Waals surface area contributed by atoms with E-state index in [-0.39, 0.29) is 6.04 Å². The highest BCUT2D eigenvalue weighted by molar-refractivity contribution is 7.98. The van der Waals surface area contributed by atoms with Crippen LogP contribution < -0.4 is 5.32 Å². The van der Waals surface area contributed by atoms with Crippen LogP contribution in [0.2, 0.25) is 0 Å². The van der Waals surface area contributed by atoms with Gasteiger partial charge in [0.2, 0.25) is 0 Å². The van der Waals surface area contributed by atoms with Crippen molar-refractivity contribution in [2.45, 2.75) is 18.3 Å². The van der Waals surface area contributed by atoms with E-state index in [2.05, 4.69) is 23.5 Å². The average molecular weight is 291 g/mol. The first-order chi connectivity index (χ1) is 9.74. The van der Waals surface area contributed by atoms with Gasteiger partial charge in [-0.1, -0.05) is 30.3 Å². The van der Waals surface area contributed by atoms with Gasteiger partial charge in [-0.15, -0.1) is 0 Å². The summed E-state index contributed by atoms with van der Waals surface area (Å²) in [7, 11) is 0. The molecule has 1 atom stereocenters. The van der Waals surface area contributed by atoms with Gasteiger partial charge in [0.1, 0.15) is 0 Å². The van der Waals surface area contributed by atoms with Crippen molar-refractivity contribution in [3.8, 4) is 0 Å². The number of hydrogen-bond acceptors (Lipinski definition) is 2. The van der Waals surface area contributed by atoms with Crippen LogP contribution in [0.1, 0.15) is 22.7 Å². The molecule has 0 radical (unpaired) electrons. The van der Waals surface area contributed by atoms with Gasteiger partial charge in [0.15, 0.2) is 11.6 Å². The number of halogens is 2. The molecule has 1 nitrogen and oxygen atoms in total. The quantitative estimate of drug-likeness (QED) is 0.916. The van der Waals surface area contributed by atoms with Gasteiger partial charge < -0.3 is 5.32 Å². The molecule has 4 heteroatoms. The van der Waals surface area contributed by atoms with Gasteiger partial charge in [0, 0.05) is 24.1 Å². The van der Waals surface area contributed by atoms with E-state index in [9.17, 15) is 8.78 Å². The average Bonchev–Trinajstić information content (AvgIpc) is 2.48. The number of fused-ring (bicyclic) bond motifs is 1. The van der Waals surface area contributed by atoms with Crippen molar-refractivity contribution < 1.29 is 8.78 Å². The van der Waals surface area contributed by atoms with Crippen LogP contribution in [0, 0.1) is 11.6 Å². The first-order valence-corrected chi connectivity index (χ1v) is 7.72. The number of thioether (sulfide) groups is 1. The van der Waals surface area contributed by atoms with Crippen LogP contribution in [-0.4, -0.2) is 5.75 Å². The summed E-state index contributed by atoms with van der Waals surface area (Å²) in [5, 5.41) is 3.43. The predicted octanol–water partition coefficient (Wildman–Crippen LogP) is 4.04. The van der Waals surface area contributed by atoms with Crippen LogP contribution in [0.3, 0.4) is 0 Å². The lowest BCUT2D eigenvalue weighted by atomic mass is 10.0. The fourth-order valence-electron chi connectivity index (χ4n) is 2.44. The molecule has 1 aliphatic rings. The molecule has 0 aromatic heterocycles. The molecule has 1 N–H and O–H groups in total. The zero-order valence-electron chi connectivity index (χ0n) is 10.9. The zero-order valence-corrected chi connectivity index (χ0v) is 11.7. The Morgan fingerprint density at radius 2 is 1.95 bits per heavy atom. The SMILES string of the molecule is Fc1ccc(CNC2CSCc3ccccc32)cc1F. The molecule has 2 aromatic rings. The fraction of sp³-hybridized carbons (Fsp3) is 0.250. The van der Waals surface area contributed by atoms with E-state index in [0.717, 1.165) is 17.1 Å². The van der Waals surface area contributed by atoms with E-state index in [1.54, 1.807) is 6.07 Å². The number of benzene rings is 2. The molecule has 0 bridgehead atoms. The van der Waals surface area contributed by atoms with Gasteiger partial charge in [-0.2, -0.15) is 11.8 Å². The van der Waals surface area contributed by atoms with Crippen molar-refractivity contribution in [1.29, 1.82) is 0 Å². The summed E-state index contributed by atoms with van der Waals surface area (Å²) >= 11 is 1.89. The second kappa shape index (κ2) is 5.94. The van der Waals surface area contributed by atoms with Crippen LogP contribution in [0.4, 0.5) is 8.78 Å².